The fourth-order valence-electron chi connectivity index (χ4n) is 1.41. The highest BCUT2D eigenvalue weighted by atomic mass is 16.5. The number of methoxy groups -OCH3 is 1. The summed E-state index contributed by atoms with van der Waals surface area (Å²) in [6.07, 6.45) is 1.63. The van der Waals surface area contributed by atoms with Crippen molar-refractivity contribution in [3.05, 3.63) is 23.7 Å². The molecule has 78 valence electrons. The molecule has 1 unspecified atom stereocenters. The lowest BCUT2D eigenvalue weighted by atomic mass is 10.0. The summed E-state index contributed by atoms with van der Waals surface area (Å²) >= 11 is 0. The second kappa shape index (κ2) is 4.81. The maximum absolute atomic E-state index is 10.5. The van der Waals surface area contributed by atoms with Crippen molar-refractivity contribution in [1.82, 2.24) is 0 Å². The van der Waals surface area contributed by atoms with Gasteiger partial charge in [-0.15, -0.1) is 0 Å². The first-order valence-electron chi connectivity index (χ1n) is 4.42. The molecule has 0 amide bonds. The number of ether oxygens (including phenoxy) is 1. The van der Waals surface area contributed by atoms with E-state index in [-0.39, 0.29) is 12.3 Å². The first kappa shape index (κ1) is 10.8. The van der Waals surface area contributed by atoms with Gasteiger partial charge in [-0.1, -0.05) is 6.92 Å². The van der Waals surface area contributed by atoms with Gasteiger partial charge in [-0.3, -0.25) is 4.79 Å². The monoisotopic (exact) mass is 198 g/mol. The van der Waals surface area contributed by atoms with E-state index in [1.54, 1.807) is 19.4 Å². The van der Waals surface area contributed by atoms with Crippen LogP contribution in [-0.2, 0) is 16.1 Å². The average Bonchev–Trinajstić information content (AvgIpc) is 2.51. The lowest BCUT2D eigenvalue weighted by Crippen LogP contribution is -2.04. The molecule has 0 aliphatic carbocycles. The van der Waals surface area contributed by atoms with E-state index in [1.165, 1.54) is 0 Å². The van der Waals surface area contributed by atoms with Crippen molar-refractivity contribution in [2.45, 2.75) is 25.9 Å². The molecule has 0 aliphatic rings. The zero-order chi connectivity index (χ0) is 10.6. The number of rotatable bonds is 5. The number of carboxylic acids is 1. The van der Waals surface area contributed by atoms with Gasteiger partial charge in [-0.05, 0) is 6.07 Å². The summed E-state index contributed by atoms with van der Waals surface area (Å²) in [5.74, 6) is -0.237. The van der Waals surface area contributed by atoms with E-state index in [0.717, 1.165) is 5.56 Å². The van der Waals surface area contributed by atoms with E-state index >= 15 is 0 Å². The fourth-order valence-corrected chi connectivity index (χ4v) is 1.41. The summed E-state index contributed by atoms with van der Waals surface area (Å²) in [4.78, 5) is 10.5. The molecule has 1 aromatic rings. The molecule has 0 saturated carbocycles. The second-order valence-electron chi connectivity index (χ2n) is 3.24. The van der Waals surface area contributed by atoms with Gasteiger partial charge < -0.3 is 14.3 Å². The highest BCUT2D eigenvalue weighted by molar-refractivity contribution is 5.67. The van der Waals surface area contributed by atoms with Gasteiger partial charge in [0.1, 0.15) is 5.76 Å². The summed E-state index contributed by atoms with van der Waals surface area (Å²) in [5, 5.41) is 8.63. The Labute approximate surface area is 82.5 Å². The standard InChI is InChI=1S/C10H14O4/c1-7(5-9(11)12)10-8(6-13-2)3-4-14-10/h3-4,7H,5-6H2,1-2H3,(H,11,12). The molecule has 14 heavy (non-hydrogen) atoms. The smallest absolute Gasteiger partial charge is 0.304 e. The van der Waals surface area contributed by atoms with E-state index in [1.807, 2.05) is 6.92 Å². The molecular weight excluding hydrogens is 184 g/mol. The Morgan fingerprint density at radius 2 is 2.43 bits per heavy atom. The van der Waals surface area contributed by atoms with Gasteiger partial charge in [0.2, 0.25) is 0 Å². The SMILES string of the molecule is COCc1ccoc1C(C)CC(=O)O. The molecule has 4 nitrogen and oxygen atoms in total. The Kier molecular flexibility index (Phi) is 3.71. The molecule has 0 aliphatic heterocycles. The van der Waals surface area contributed by atoms with Crippen LogP contribution in [0.5, 0.6) is 0 Å². The number of carboxylic acid groups (broad SMARTS) is 1. The van der Waals surface area contributed by atoms with Crippen molar-refractivity contribution in [2.24, 2.45) is 0 Å². The van der Waals surface area contributed by atoms with Gasteiger partial charge >= 0.3 is 5.97 Å². The van der Waals surface area contributed by atoms with Gasteiger partial charge in [-0.25, -0.2) is 0 Å². The normalized spacial score (nSPS) is 12.7. The quantitative estimate of drug-likeness (QED) is 0.786. The van der Waals surface area contributed by atoms with Crippen molar-refractivity contribution in [3.8, 4) is 0 Å². The summed E-state index contributed by atoms with van der Waals surface area (Å²) < 4.78 is 10.2. The minimum Gasteiger partial charge on any atom is -0.481 e. The van der Waals surface area contributed by atoms with Crippen LogP contribution in [0, 0.1) is 0 Å². The predicted molar refractivity (Wildman–Crippen MR) is 50.1 cm³/mol. The Hall–Kier alpha value is -1.29. The van der Waals surface area contributed by atoms with E-state index in [0.29, 0.717) is 12.4 Å². The molecule has 0 aromatic carbocycles. The van der Waals surface area contributed by atoms with Gasteiger partial charge in [0.15, 0.2) is 0 Å². The summed E-state index contributed by atoms with van der Waals surface area (Å²) in [5.41, 5.74) is 0.918. The zero-order valence-electron chi connectivity index (χ0n) is 8.32. The number of hydrogen-bond donors (Lipinski definition) is 1. The Bertz CT molecular complexity index is 303. The van der Waals surface area contributed by atoms with Crippen molar-refractivity contribution in [2.75, 3.05) is 7.11 Å². The minimum absolute atomic E-state index is 0.0736. The topological polar surface area (TPSA) is 59.7 Å². The largest absolute Gasteiger partial charge is 0.481 e. The summed E-state index contributed by atoms with van der Waals surface area (Å²) in [6.45, 7) is 2.28. The van der Waals surface area contributed by atoms with Gasteiger partial charge in [0, 0.05) is 18.6 Å². The Morgan fingerprint density at radius 3 is 3.00 bits per heavy atom. The van der Waals surface area contributed by atoms with Crippen molar-refractivity contribution in [1.29, 1.82) is 0 Å². The third kappa shape index (κ3) is 2.60. The van der Waals surface area contributed by atoms with Gasteiger partial charge in [-0.2, -0.15) is 0 Å². The molecule has 1 rings (SSSR count). The van der Waals surface area contributed by atoms with Crippen molar-refractivity contribution in [3.63, 3.8) is 0 Å². The van der Waals surface area contributed by atoms with Crippen LogP contribution < -0.4 is 0 Å². The molecule has 0 bridgehead atoms. The van der Waals surface area contributed by atoms with Crippen LogP contribution >= 0.6 is 0 Å². The molecule has 1 atom stereocenters. The van der Waals surface area contributed by atoms with Crippen LogP contribution in [0.2, 0.25) is 0 Å². The van der Waals surface area contributed by atoms with Crippen LogP contribution in [0.4, 0.5) is 0 Å². The van der Waals surface area contributed by atoms with Gasteiger partial charge in [0.25, 0.3) is 0 Å². The molecule has 0 fully saturated rings. The number of furan rings is 1. The van der Waals surface area contributed by atoms with Crippen molar-refractivity contribution >= 4 is 5.97 Å². The number of carbonyl (C=O) groups is 1. The molecule has 1 aromatic heterocycles. The van der Waals surface area contributed by atoms with Crippen molar-refractivity contribution < 1.29 is 19.1 Å². The average molecular weight is 198 g/mol. The molecule has 0 saturated heterocycles. The molecule has 0 radical (unpaired) electrons. The maximum atomic E-state index is 10.5. The first-order valence-corrected chi connectivity index (χ1v) is 4.42. The van der Waals surface area contributed by atoms with Crippen LogP contribution in [0.1, 0.15) is 30.6 Å². The molecular formula is C10H14O4. The number of hydrogen-bond acceptors (Lipinski definition) is 3. The van der Waals surface area contributed by atoms with E-state index < -0.39 is 5.97 Å². The predicted octanol–water partition coefficient (Wildman–Crippen LogP) is 2.00. The second-order valence-corrected chi connectivity index (χ2v) is 3.24. The molecule has 1 N–H and O–H groups in total. The zero-order valence-corrected chi connectivity index (χ0v) is 8.32. The summed E-state index contributed by atoms with van der Waals surface area (Å²) in [6, 6.07) is 1.80. The highest BCUT2D eigenvalue weighted by Crippen LogP contribution is 2.24. The minimum atomic E-state index is -0.822. The highest BCUT2D eigenvalue weighted by Gasteiger charge is 2.16. The lowest BCUT2D eigenvalue weighted by Gasteiger charge is -2.07. The van der Waals surface area contributed by atoms with Crippen LogP contribution in [-0.4, -0.2) is 18.2 Å². The van der Waals surface area contributed by atoms with Crippen LogP contribution in [0.25, 0.3) is 0 Å². The Morgan fingerprint density at radius 1 is 1.71 bits per heavy atom. The number of aliphatic carboxylic acids is 1. The van der Waals surface area contributed by atoms with Crippen LogP contribution in [0.15, 0.2) is 16.7 Å². The summed E-state index contributed by atoms with van der Waals surface area (Å²) in [7, 11) is 1.60. The maximum Gasteiger partial charge on any atom is 0.304 e. The van der Waals surface area contributed by atoms with Crippen LogP contribution in [0.3, 0.4) is 0 Å². The molecule has 4 heteroatoms. The Balaban J connectivity index is 2.72. The van der Waals surface area contributed by atoms with E-state index in [4.69, 9.17) is 14.3 Å². The third-order valence-electron chi connectivity index (χ3n) is 2.01. The third-order valence-corrected chi connectivity index (χ3v) is 2.01. The molecule has 1 heterocycles. The van der Waals surface area contributed by atoms with Gasteiger partial charge in [0.05, 0.1) is 19.3 Å². The molecule has 0 spiro atoms. The van der Waals surface area contributed by atoms with E-state index in [9.17, 15) is 4.79 Å². The lowest BCUT2D eigenvalue weighted by molar-refractivity contribution is -0.137. The first-order chi connectivity index (χ1) is 6.65. The fraction of sp³-hybridized carbons (Fsp3) is 0.500. The van der Waals surface area contributed by atoms with E-state index in [2.05, 4.69) is 0 Å².